The van der Waals surface area contributed by atoms with E-state index >= 15 is 0 Å². The van der Waals surface area contributed by atoms with Gasteiger partial charge in [0.05, 0.1) is 6.61 Å². The van der Waals surface area contributed by atoms with E-state index in [1.165, 1.54) is 0 Å². The van der Waals surface area contributed by atoms with Crippen LogP contribution in [-0.4, -0.2) is 12.5 Å². The fraction of sp³-hybridized carbons (Fsp3) is 0.333. The second kappa shape index (κ2) is 5.94. The van der Waals surface area contributed by atoms with Crippen molar-refractivity contribution in [1.29, 1.82) is 0 Å². The van der Waals surface area contributed by atoms with Crippen molar-refractivity contribution in [3.8, 4) is 0 Å². The molecule has 1 saturated heterocycles. The molecule has 1 aliphatic heterocycles. The second-order valence-electron chi connectivity index (χ2n) is 5.64. The van der Waals surface area contributed by atoms with Gasteiger partial charge in [0, 0.05) is 6.42 Å². The zero-order valence-corrected chi connectivity index (χ0v) is 11.7. The zero-order chi connectivity index (χ0) is 14.7. The van der Waals surface area contributed by atoms with Crippen LogP contribution in [0.25, 0.3) is 0 Å². The van der Waals surface area contributed by atoms with Crippen LogP contribution in [0.4, 0.5) is 8.78 Å². The highest BCUT2D eigenvalue weighted by atomic mass is 19.3. The average molecular weight is 288 g/mol. The van der Waals surface area contributed by atoms with Gasteiger partial charge in [-0.05, 0) is 23.5 Å². The highest BCUT2D eigenvalue weighted by molar-refractivity contribution is 5.21. The quantitative estimate of drug-likeness (QED) is 0.799. The molecule has 0 radical (unpaired) electrons. The Bertz CT molecular complexity index is 568. The van der Waals surface area contributed by atoms with Crippen molar-refractivity contribution in [2.45, 2.75) is 24.9 Å². The Morgan fingerprint density at radius 1 is 0.952 bits per heavy atom. The van der Waals surface area contributed by atoms with Crippen molar-refractivity contribution >= 4 is 0 Å². The summed E-state index contributed by atoms with van der Waals surface area (Å²) in [6.07, 6.45) is -0.606. The first kappa shape index (κ1) is 14.2. The summed E-state index contributed by atoms with van der Waals surface area (Å²) < 4.78 is 34.3. The highest BCUT2D eigenvalue weighted by Gasteiger charge is 2.46. The van der Waals surface area contributed by atoms with E-state index in [2.05, 4.69) is 0 Å². The summed E-state index contributed by atoms with van der Waals surface area (Å²) in [5.41, 5.74) is 1.64. The smallest absolute Gasteiger partial charge is 0.278 e. The van der Waals surface area contributed by atoms with Crippen LogP contribution in [0.15, 0.2) is 60.7 Å². The Morgan fingerprint density at radius 2 is 1.57 bits per heavy atom. The number of ether oxygens (including phenoxy) is 1. The molecule has 0 amide bonds. The van der Waals surface area contributed by atoms with Crippen LogP contribution >= 0.6 is 0 Å². The van der Waals surface area contributed by atoms with Crippen LogP contribution < -0.4 is 0 Å². The van der Waals surface area contributed by atoms with E-state index in [0.29, 0.717) is 18.6 Å². The van der Waals surface area contributed by atoms with Crippen molar-refractivity contribution in [2.24, 2.45) is 5.92 Å². The maximum Gasteiger partial charge on any atom is 0.278 e. The molecule has 2 aromatic carbocycles. The fourth-order valence-electron chi connectivity index (χ4n) is 2.95. The standard InChI is InChI=1S/C18H18F2O/c19-18(20)12-15(11-14-7-3-1-4-8-14)13-21-17(18)16-9-5-2-6-10-16/h1-10,15,17H,11-13H2/t15-,17-/m1/s1. The molecule has 0 spiro atoms. The van der Waals surface area contributed by atoms with Crippen LogP contribution in [0.2, 0.25) is 0 Å². The normalized spacial score (nSPS) is 24.7. The highest BCUT2D eigenvalue weighted by Crippen LogP contribution is 2.43. The van der Waals surface area contributed by atoms with E-state index in [1.807, 2.05) is 36.4 Å². The monoisotopic (exact) mass is 288 g/mol. The van der Waals surface area contributed by atoms with Gasteiger partial charge in [0.15, 0.2) is 0 Å². The van der Waals surface area contributed by atoms with Crippen LogP contribution in [0, 0.1) is 5.92 Å². The second-order valence-corrected chi connectivity index (χ2v) is 5.64. The molecule has 0 N–H and O–H groups in total. The van der Waals surface area contributed by atoms with Crippen molar-refractivity contribution in [2.75, 3.05) is 6.61 Å². The molecule has 2 aromatic rings. The van der Waals surface area contributed by atoms with Crippen molar-refractivity contribution < 1.29 is 13.5 Å². The van der Waals surface area contributed by atoms with E-state index in [9.17, 15) is 8.78 Å². The molecule has 2 atom stereocenters. The lowest BCUT2D eigenvalue weighted by molar-refractivity contribution is -0.192. The lowest BCUT2D eigenvalue weighted by Gasteiger charge is -2.36. The van der Waals surface area contributed by atoms with Gasteiger partial charge in [0.25, 0.3) is 5.92 Å². The van der Waals surface area contributed by atoms with Gasteiger partial charge in [-0.2, -0.15) is 0 Å². The minimum Gasteiger partial charge on any atom is -0.367 e. The number of alkyl halides is 2. The van der Waals surface area contributed by atoms with E-state index in [4.69, 9.17) is 4.74 Å². The van der Waals surface area contributed by atoms with Crippen molar-refractivity contribution in [3.05, 3.63) is 71.8 Å². The third-order valence-electron chi connectivity index (χ3n) is 3.91. The van der Waals surface area contributed by atoms with Crippen molar-refractivity contribution in [3.63, 3.8) is 0 Å². The van der Waals surface area contributed by atoms with Gasteiger partial charge in [0.2, 0.25) is 0 Å². The molecule has 110 valence electrons. The van der Waals surface area contributed by atoms with Crippen LogP contribution in [0.5, 0.6) is 0 Å². The summed E-state index contributed by atoms with van der Waals surface area (Å²) in [6, 6.07) is 18.5. The third kappa shape index (κ3) is 3.30. The summed E-state index contributed by atoms with van der Waals surface area (Å²) in [6.45, 7) is 0.379. The Morgan fingerprint density at radius 3 is 2.19 bits per heavy atom. The Balaban J connectivity index is 1.70. The summed E-state index contributed by atoms with van der Waals surface area (Å²) in [4.78, 5) is 0. The number of hydrogen-bond acceptors (Lipinski definition) is 1. The molecular weight excluding hydrogens is 270 g/mol. The molecule has 1 aliphatic rings. The summed E-state index contributed by atoms with van der Waals surface area (Å²) in [7, 11) is 0. The number of rotatable bonds is 3. The first-order chi connectivity index (χ1) is 10.1. The summed E-state index contributed by atoms with van der Waals surface area (Å²) in [5, 5.41) is 0. The largest absolute Gasteiger partial charge is 0.367 e. The minimum atomic E-state index is -2.82. The van der Waals surface area contributed by atoms with Crippen LogP contribution in [0.3, 0.4) is 0 Å². The van der Waals surface area contributed by atoms with Crippen LogP contribution in [0.1, 0.15) is 23.7 Å². The summed E-state index contributed by atoms with van der Waals surface area (Å²) >= 11 is 0. The van der Waals surface area contributed by atoms with Gasteiger partial charge in [-0.1, -0.05) is 60.7 Å². The first-order valence-electron chi connectivity index (χ1n) is 7.23. The predicted octanol–water partition coefficient (Wildman–Crippen LogP) is 4.64. The number of benzene rings is 2. The Kier molecular flexibility index (Phi) is 4.02. The number of hydrogen-bond donors (Lipinski definition) is 0. The van der Waals surface area contributed by atoms with Crippen LogP contribution in [-0.2, 0) is 11.2 Å². The van der Waals surface area contributed by atoms with Gasteiger partial charge < -0.3 is 4.74 Å². The fourth-order valence-corrected chi connectivity index (χ4v) is 2.95. The predicted molar refractivity (Wildman–Crippen MR) is 78.3 cm³/mol. The van der Waals surface area contributed by atoms with Gasteiger partial charge in [0.1, 0.15) is 6.10 Å². The van der Waals surface area contributed by atoms with E-state index < -0.39 is 12.0 Å². The van der Waals surface area contributed by atoms with E-state index in [0.717, 1.165) is 5.56 Å². The SMILES string of the molecule is FC1(F)C[C@@H](Cc2ccccc2)CO[C@@H]1c1ccccc1. The lowest BCUT2D eigenvalue weighted by atomic mass is 9.87. The Hall–Kier alpha value is -1.74. The lowest BCUT2D eigenvalue weighted by Crippen LogP contribution is -2.39. The molecule has 0 aliphatic carbocycles. The number of halogens is 2. The van der Waals surface area contributed by atoms with Gasteiger partial charge in [-0.3, -0.25) is 0 Å². The molecule has 1 nitrogen and oxygen atoms in total. The maximum atomic E-state index is 14.4. The van der Waals surface area contributed by atoms with E-state index in [-0.39, 0.29) is 12.3 Å². The maximum absolute atomic E-state index is 14.4. The molecule has 1 fully saturated rings. The molecule has 0 saturated carbocycles. The molecule has 3 rings (SSSR count). The minimum absolute atomic E-state index is 0.124. The first-order valence-corrected chi connectivity index (χ1v) is 7.23. The van der Waals surface area contributed by atoms with Crippen molar-refractivity contribution in [1.82, 2.24) is 0 Å². The topological polar surface area (TPSA) is 9.23 Å². The summed E-state index contributed by atoms with van der Waals surface area (Å²) in [5.74, 6) is -2.96. The average Bonchev–Trinajstić information content (AvgIpc) is 2.48. The van der Waals surface area contributed by atoms with Gasteiger partial charge >= 0.3 is 0 Å². The van der Waals surface area contributed by atoms with E-state index in [1.54, 1.807) is 24.3 Å². The molecule has 1 heterocycles. The molecule has 3 heteroatoms. The zero-order valence-electron chi connectivity index (χ0n) is 11.7. The third-order valence-corrected chi connectivity index (χ3v) is 3.91. The molecule has 0 unspecified atom stereocenters. The van der Waals surface area contributed by atoms with Gasteiger partial charge in [-0.15, -0.1) is 0 Å². The molecule has 21 heavy (non-hydrogen) atoms. The Labute approximate surface area is 123 Å². The molecular formula is C18H18F2O. The van der Waals surface area contributed by atoms with Gasteiger partial charge in [-0.25, -0.2) is 8.78 Å². The molecule has 0 aromatic heterocycles. The molecule has 0 bridgehead atoms.